The molecule has 0 unspecified atom stereocenters. The largest absolute Gasteiger partial charge is 0.296 e. The average Bonchev–Trinajstić information content (AvgIpc) is 3.15. The van der Waals surface area contributed by atoms with E-state index in [9.17, 15) is 9.18 Å². The number of aldehydes is 1. The first-order chi connectivity index (χ1) is 11.7. The van der Waals surface area contributed by atoms with Gasteiger partial charge in [0.15, 0.2) is 11.2 Å². The fourth-order valence-corrected chi connectivity index (χ4v) is 3.64. The molecule has 0 bridgehead atoms. The highest BCUT2D eigenvalue weighted by Gasteiger charge is 2.18. The van der Waals surface area contributed by atoms with Crippen molar-refractivity contribution in [3.63, 3.8) is 0 Å². The number of halogens is 1. The Bertz CT molecular complexity index is 1030. The number of nitrogens with zero attached hydrogens (tertiary/aromatic N) is 2. The lowest BCUT2D eigenvalue weighted by atomic mass is 10.1. The molecule has 5 heteroatoms. The quantitative estimate of drug-likeness (QED) is 0.494. The fraction of sp³-hybridized carbons (Fsp3) is 0.0526. The second-order valence-corrected chi connectivity index (χ2v) is 6.41. The number of hydrogen-bond donors (Lipinski definition) is 0. The van der Waals surface area contributed by atoms with Gasteiger partial charge in [0.2, 0.25) is 0 Å². The summed E-state index contributed by atoms with van der Waals surface area (Å²) in [7, 11) is 0. The molecule has 4 rings (SSSR count). The van der Waals surface area contributed by atoms with Crippen molar-refractivity contribution in [2.24, 2.45) is 0 Å². The summed E-state index contributed by atoms with van der Waals surface area (Å²) < 4.78 is 15.0. The van der Waals surface area contributed by atoms with Crippen LogP contribution in [0.5, 0.6) is 0 Å². The first kappa shape index (κ1) is 14.8. The summed E-state index contributed by atoms with van der Waals surface area (Å²) in [4.78, 5) is 17.1. The number of benzene rings is 2. The molecule has 0 saturated heterocycles. The summed E-state index contributed by atoms with van der Waals surface area (Å²) in [6.07, 6.45) is 0.828. The van der Waals surface area contributed by atoms with Crippen LogP contribution in [0.25, 0.3) is 27.5 Å². The molecule has 2 heterocycles. The molecule has 3 nitrogen and oxygen atoms in total. The molecule has 118 valence electrons. The maximum Gasteiger partial charge on any atom is 0.195 e. The van der Waals surface area contributed by atoms with E-state index in [1.807, 2.05) is 41.0 Å². The van der Waals surface area contributed by atoms with Gasteiger partial charge in [-0.05, 0) is 36.8 Å². The Morgan fingerprint density at radius 2 is 1.71 bits per heavy atom. The Hall–Kier alpha value is -2.79. The number of imidazole rings is 1. The molecule has 0 aliphatic carbocycles. The molecule has 2 aromatic heterocycles. The molecule has 4 aromatic rings. The third-order valence-corrected chi connectivity index (χ3v) is 4.80. The van der Waals surface area contributed by atoms with Crippen LogP contribution in [-0.2, 0) is 0 Å². The Morgan fingerprint density at radius 3 is 2.38 bits per heavy atom. The van der Waals surface area contributed by atoms with Crippen molar-refractivity contribution in [3.05, 3.63) is 71.0 Å². The summed E-state index contributed by atoms with van der Waals surface area (Å²) in [5.41, 5.74) is 4.92. The van der Waals surface area contributed by atoms with E-state index >= 15 is 0 Å². The zero-order valence-corrected chi connectivity index (χ0v) is 13.7. The van der Waals surface area contributed by atoms with E-state index in [2.05, 4.69) is 4.98 Å². The summed E-state index contributed by atoms with van der Waals surface area (Å²) in [6.45, 7) is 2.02. The van der Waals surface area contributed by atoms with Gasteiger partial charge in [-0.3, -0.25) is 9.20 Å². The monoisotopic (exact) mass is 336 g/mol. The minimum atomic E-state index is -0.285. The number of fused-ring (bicyclic) bond motifs is 1. The normalized spacial score (nSPS) is 11.1. The zero-order valence-electron chi connectivity index (χ0n) is 12.9. The van der Waals surface area contributed by atoms with Crippen molar-refractivity contribution >= 4 is 22.6 Å². The Balaban J connectivity index is 1.94. The summed E-state index contributed by atoms with van der Waals surface area (Å²) in [5.74, 6) is -0.285. The van der Waals surface area contributed by atoms with Gasteiger partial charge in [0, 0.05) is 10.9 Å². The highest BCUT2D eigenvalue weighted by Crippen LogP contribution is 2.32. The Kier molecular flexibility index (Phi) is 3.50. The molecule has 0 spiro atoms. The minimum Gasteiger partial charge on any atom is -0.296 e. The smallest absolute Gasteiger partial charge is 0.195 e. The lowest BCUT2D eigenvalue weighted by Gasteiger charge is -2.03. The van der Waals surface area contributed by atoms with E-state index in [4.69, 9.17) is 0 Å². The molecule has 0 aliphatic rings. The number of aryl methyl sites for hydroxylation is 1. The lowest BCUT2D eigenvalue weighted by Crippen LogP contribution is -1.94. The molecule has 0 N–H and O–H groups in total. The van der Waals surface area contributed by atoms with Gasteiger partial charge in [-0.1, -0.05) is 29.8 Å². The van der Waals surface area contributed by atoms with E-state index in [0.717, 1.165) is 33.6 Å². The number of carbonyl (C=O) groups excluding carboxylic acids is 1. The van der Waals surface area contributed by atoms with Crippen LogP contribution in [0.15, 0.2) is 53.9 Å². The molecular formula is C19H13FN2OS. The van der Waals surface area contributed by atoms with Crippen LogP contribution in [0.3, 0.4) is 0 Å². The van der Waals surface area contributed by atoms with Crippen LogP contribution in [-0.4, -0.2) is 15.7 Å². The fourth-order valence-electron chi connectivity index (χ4n) is 2.74. The maximum atomic E-state index is 13.2. The van der Waals surface area contributed by atoms with Crippen molar-refractivity contribution in [1.29, 1.82) is 0 Å². The molecular weight excluding hydrogens is 323 g/mol. The molecule has 0 radical (unpaired) electrons. The zero-order chi connectivity index (χ0) is 16.7. The molecule has 2 aromatic carbocycles. The van der Waals surface area contributed by atoms with Gasteiger partial charge >= 0.3 is 0 Å². The maximum absolute atomic E-state index is 13.2. The number of carbonyl (C=O) groups is 1. The topological polar surface area (TPSA) is 34.4 Å². The second-order valence-electron chi connectivity index (χ2n) is 5.58. The molecule has 0 atom stereocenters. The first-order valence-corrected chi connectivity index (χ1v) is 8.33. The Morgan fingerprint density at radius 1 is 1.04 bits per heavy atom. The van der Waals surface area contributed by atoms with E-state index in [0.29, 0.717) is 11.4 Å². The second kappa shape index (κ2) is 5.69. The minimum absolute atomic E-state index is 0.285. The predicted octanol–water partition coefficient (Wildman–Crippen LogP) is 4.99. The van der Waals surface area contributed by atoms with Crippen LogP contribution >= 0.6 is 11.3 Å². The number of thiazole rings is 1. The predicted molar refractivity (Wildman–Crippen MR) is 94.0 cm³/mol. The van der Waals surface area contributed by atoms with Gasteiger partial charge in [-0.15, -0.1) is 11.3 Å². The third kappa shape index (κ3) is 2.34. The Labute approximate surface area is 142 Å². The lowest BCUT2D eigenvalue weighted by molar-refractivity contribution is 0.111. The van der Waals surface area contributed by atoms with Crippen LogP contribution in [0.2, 0.25) is 0 Å². The summed E-state index contributed by atoms with van der Waals surface area (Å²) in [5, 5.41) is 1.93. The molecule has 0 amide bonds. The van der Waals surface area contributed by atoms with Gasteiger partial charge < -0.3 is 0 Å². The highest BCUT2D eigenvalue weighted by molar-refractivity contribution is 7.15. The summed E-state index contributed by atoms with van der Waals surface area (Å²) >= 11 is 1.46. The van der Waals surface area contributed by atoms with E-state index in [1.165, 1.54) is 23.5 Å². The van der Waals surface area contributed by atoms with Crippen LogP contribution in [0, 0.1) is 12.7 Å². The molecule has 0 saturated carbocycles. The van der Waals surface area contributed by atoms with Crippen molar-refractivity contribution in [3.8, 4) is 22.5 Å². The van der Waals surface area contributed by atoms with Crippen LogP contribution in [0.1, 0.15) is 16.1 Å². The van der Waals surface area contributed by atoms with Gasteiger partial charge in [-0.25, -0.2) is 9.37 Å². The molecule has 0 fully saturated rings. The summed E-state index contributed by atoms with van der Waals surface area (Å²) in [6, 6.07) is 14.2. The van der Waals surface area contributed by atoms with Crippen molar-refractivity contribution in [1.82, 2.24) is 9.38 Å². The number of aromatic nitrogens is 2. The number of hydrogen-bond acceptors (Lipinski definition) is 3. The number of rotatable bonds is 3. The SMILES string of the molecule is Cc1ccc(-c2nc3scc(-c4ccc(F)cc4)n3c2C=O)cc1. The van der Waals surface area contributed by atoms with Gasteiger partial charge in [0.1, 0.15) is 17.2 Å². The average molecular weight is 336 g/mol. The third-order valence-electron chi connectivity index (χ3n) is 3.98. The van der Waals surface area contributed by atoms with Gasteiger partial charge in [-0.2, -0.15) is 0 Å². The molecule has 24 heavy (non-hydrogen) atoms. The first-order valence-electron chi connectivity index (χ1n) is 7.45. The van der Waals surface area contributed by atoms with Crippen molar-refractivity contribution in [2.45, 2.75) is 6.92 Å². The van der Waals surface area contributed by atoms with E-state index < -0.39 is 0 Å². The van der Waals surface area contributed by atoms with Gasteiger partial charge in [0.05, 0.1) is 5.69 Å². The van der Waals surface area contributed by atoms with Crippen LogP contribution in [0.4, 0.5) is 4.39 Å². The van der Waals surface area contributed by atoms with Crippen molar-refractivity contribution < 1.29 is 9.18 Å². The van der Waals surface area contributed by atoms with Crippen molar-refractivity contribution in [2.75, 3.05) is 0 Å². The standard InChI is InChI=1S/C19H13FN2OS/c1-12-2-4-14(5-3-12)18-16(10-23)22-17(11-24-19(22)21-18)13-6-8-15(20)9-7-13/h2-11H,1H3. The highest BCUT2D eigenvalue weighted by atomic mass is 32.1. The van der Waals surface area contributed by atoms with Crippen LogP contribution < -0.4 is 0 Å². The van der Waals surface area contributed by atoms with E-state index in [-0.39, 0.29) is 5.82 Å². The van der Waals surface area contributed by atoms with Gasteiger partial charge in [0.25, 0.3) is 0 Å². The molecule has 0 aliphatic heterocycles. The van der Waals surface area contributed by atoms with E-state index in [1.54, 1.807) is 12.1 Å².